The summed E-state index contributed by atoms with van der Waals surface area (Å²) in [6.45, 7) is 2.98. The maximum atomic E-state index is 11.2. The summed E-state index contributed by atoms with van der Waals surface area (Å²) in [5.41, 5.74) is 13.0. The van der Waals surface area contributed by atoms with Gasteiger partial charge >= 0.3 is 0 Å². The predicted octanol–water partition coefficient (Wildman–Crippen LogP) is 2.00. The summed E-state index contributed by atoms with van der Waals surface area (Å²) in [5.74, 6) is 0.918. The van der Waals surface area contributed by atoms with Crippen molar-refractivity contribution in [2.24, 2.45) is 23.3 Å². The first kappa shape index (κ1) is 14.8. The molecule has 1 heterocycles. The lowest BCUT2D eigenvalue weighted by Crippen LogP contribution is -2.38. The molecule has 3 rings (SSSR count). The second kappa shape index (κ2) is 5.95. The number of carbonyl (C=O) groups is 1. The number of nitrogens with zero attached hydrogens (tertiary/aromatic N) is 1. The topological polar surface area (TPSA) is 72.4 Å². The van der Waals surface area contributed by atoms with Crippen molar-refractivity contribution in [1.29, 1.82) is 0 Å². The number of rotatable bonds is 3. The first-order chi connectivity index (χ1) is 10.0. The van der Waals surface area contributed by atoms with Gasteiger partial charge in [0.2, 0.25) is 5.91 Å². The lowest BCUT2D eigenvalue weighted by atomic mass is 9.78. The van der Waals surface area contributed by atoms with Gasteiger partial charge in [0.1, 0.15) is 0 Å². The third kappa shape index (κ3) is 3.07. The van der Waals surface area contributed by atoms with Crippen LogP contribution in [0.15, 0.2) is 18.2 Å². The van der Waals surface area contributed by atoms with Gasteiger partial charge in [-0.1, -0.05) is 24.1 Å². The van der Waals surface area contributed by atoms with Crippen LogP contribution in [0.4, 0.5) is 0 Å². The van der Waals surface area contributed by atoms with Crippen molar-refractivity contribution < 1.29 is 4.79 Å². The highest BCUT2D eigenvalue weighted by atomic mass is 35.5. The summed E-state index contributed by atoms with van der Waals surface area (Å²) in [5, 5.41) is 0.616. The Hall–Kier alpha value is -1.10. The van der Waals surface area contributed by atoms with Gasteiger partial charge in [-0.05, 0) is 42.4 Å². The highest BCUT2D eigenvalue weighted by molar-refractivity contribution is 6.31. The van der Waals surface area contributed by atoms with E-state index in [0.717, 1.165) is 37.5 Å². The molecular weight excluding hydrogens is 286 g/mol. The van der Waals surface area contributed by atoms with Gasteiger partial charge in [-0.25, -0.2) is 0 Å². The number of nitrogens with two attached hydrogens (primary N) is 2. The monoisotopic (exact) mass is 307 g/mol. The molecule has 1 saturated carbocycles. The Morgan fingerprint density at radius 2 is 2.14 bits per heavy atom. The molecule has 0 radical (unpaired) electrons. The smallest absolute Gasteiger partial charge is 0.248 e. The van der Waals surface area contributed by atoms with Crippen LogP contribution in [0.3, 0.4) is 0 Å². The minimum Gasteiger partial charge on any atom is -0.366 e. The number of likely N-dealkylation sites (tertiary alicyclic amines) is 1. The maximum absolute atomic E-state index is 11.2. The average molecular weight is 308 g/mol. The molecule has 0 bridgehead atoms. The van der Waals surface area contributed by atoms with Gasteiger partial charge in [0.05, 0.1) is 0 Å². The molecule has 1 aromatic carbocycles. The largest absolute Gasteiger partial charge is 0.366 e. The lowest BCUT2D eigenvalue weighted by Gasteiger charge is -2.29. The zero-order valence-electron chi connectivity index (χ0n) is 12.1. The van der Waals surface area contributed by atoms with E-state index in [4.69, 9.17) is 23.1 Å². The van der Waals surface area contributed by atoms with Crippen LogP contribution < -0.4 is 11.5 Å². The van der Waals surface area contributed by atoms with Crippen LogP contribution in [-0.2, 0) is 6.54 Å². The van der Waals surface area contributed by atoms with E-state index < -0.39 is 5.91 Å². The van der Waals surface area contributed by atoms with E-state index in [0.29, 0.717) is 22.5 Å². The van der Waals surface area contributed by atoms with Gasteiger partial charge in [0, 0.05) is 36.3 Å². The van der Waals surface area contributed by atoms with Crippen molar-refractivity contribution in [3.8, 4) is 0 Å². The molecule has 3 unspecified atom stereocenters. The quantitative estimate of drug-likeness (QED) is 0.897. The van der Waals surface area contributed by atoms with Gasteiger partial charge in [-0.2, -0.15) is 0 Å². The van der Waals surface area contributed by atoms with Gasteiger partial charge in [0.15, 0.2) is 0 Å². The molecule has 5 heteroatoms. The number of halogens is 1. The Bertz CT molecular complexity index is 548. The Balaban J connectivity index is 1.69. The summed E-state index contributed by atoms with van der Waals surface area (Å²) in [6.07, 6.45) is 3.70. The van der Waals surface area contributed by atoms with Gasteiger partial charge in [-0.15, -0.1) is 0 Å². The fourth-order valence-corrected chi connectivity index (χ4v) is 4.05. The van der Waals surface area contributed by atoms with Crippen LogP contribution in [0.5, 0.6) is 0 Å². The summed E-state index contributed by atoms with van der Waals surface area (Å²) >= 11 is 6.27. The van der Waals surface area contributed by atoms with Crippen LogP contribution in [0.25, 0.3) is 0 Å². The minimum absolute atomic E-state index is 0.349. The van der Waals surface area contributed by atoms with E-state index in [9.17, 15) is 4.79 Å². The van der Waals surface area contributed by atoms with Crippen molar-refractivity contribution in [1.82, 2.24) is 4.90 Å². The third-order valence-corrected chi connectivity index (χ3v) is 5.31. The fraction of sp³-hybridized carbons (Fsp3) is 0.562. The highest BCUT2D eigenvalue weighted by Crippen LogP contribution is 2.36. The zero-order chi connectivity index (χ0) is 15.0. The Kier molecular flexibility index (Phi) is 4.20. The van der Waals surface area contributed by atoms with Crippen LogP contribution in [-0.4, -0.2) is 29.9 Å². The average Bonchev–Trinajstić information content (AvgIpc) is 2.85. The van der Waals surface area contributed by atoms with Crippen LogP contribution in [0.2, 0.25) is 5.02 Å². The summed E-state index contributed by atoms with van der Waals surface area (Å²) in [6, 6.07) is 5.66. The van der Waals surface area contributed by atoms with E-state index in [1.807, 2.05) is 6.07 Å². The van der Waals surface area contributed by atoms with E-state index in [-0.39, 0.29) is 0 Å². The molecule has 1 amide bonds. The molecule has 114 valence electrons. The van der Waals surface area contributed by atoms with E-state index in [1.54, 1.807) is 12.1 Å². The van der Waals surface area contributed by atoms with Crippen molar-refractivity contribution in [3.05, 3.63) is 34.3 Å². The number of primary amides is 1. The number of hydrogen-bond donors (Lipinski definition) is 2. The zero-order valence-corrected chi connectivity index (χ0v) is 12.9. The second-order valence-electron chi connectivity index (χ2n) is 6.38. The molecule has 1 aliphatic carbocycles. The first-order valence-corrected chi connectivity index (χ1v) is 7.98. The Labute approximate surface area is 130 Å². The molecule has 1 aliphatic heterocycles. The molecule has 1 aromatic rings. The molecular formula is C16H22ClN3O. The molecule has 21 heavy (non-hydrogen) atoms. The minimum atomic E-state index is -0.443. The number of hydrogen-bond acceptors (Lipinski definition) is 3. The van der Waals surface area contributed by atoms with Crippen LogP contribution >= 0.6 is 11.6 Å². The molecule has 3 atom stereocenters. The van der Waals surface area contributed by atoms with Gasteiger partial charge in [0.25, 0.3) is 0 Å². The van der Waals surface area contributed by atoms with Crippen LogP contribution in [0.1, 0.15) is 35.2 Å². The number of fused-ring (bicyclic) bond motifs is 1. The molecule has 2 aliphatic rings. The summed E-state index contributed by atoms with van der Waals surface area (Å²) in [4.78, 5) is 13.6. The van der Waals surface area contributed by atoms with Crippen molar-refractivity contribution >= 4 is 17.5 Å². The maximum Gasteiger partial charge on any atom is 0.248 e. The Morgan fingerprint density at radius 3 is 2.81 bits per heavy atom. The van der Waals surface area contributed by atoms with Crippen molar-refractivity contribution in [2.75, 3.05) is 13.1 Å². The number of carbonyl (C=O) groups excluding carboxylic acids is 1. The predicted molar refractivity (Wildman–Crippen MR) is 84.1 cm³/mol. The lowest BCUT2D eigenvalue weighted by molar-refractivity contribution is 0.100. The van der Waals surface area contributed by atoms with E-state index >= 15 is 0 Å². The second-order valence-corrected chi connectivity index (χ2v) is 6.79. The van der Waals surface area contributed by atoms with Crippen LogP contribution in [0, 0.1) is 11.8 Å². The normalized spacial score (nSPS) is 29.3. The van der Waals surface area contributed by atoms with Crippen molar-refractivity contribution in [3.63, 3.8) is 0 Å². The molecule has 4 nitrogen and oxygen atoms in total. The molecule has 4 N–H and O–H groups in total. The summed E-state index contributed by atoms with van der Waals surface area (Å²) in [7, 11) is 0. The molecule has 0 spiro atoms. The standard InChI is InChI=1S/C16H22ClN3O/c17-14-6-10(16(19)21)4-5-12(14)8-20-7-11-2-1-3-15(18)13(11)9-20/h4-6,11,13,15H,1-3,7-9,18H2,(H2,19,21). The Morgan fingerprint density at radius 1 is 1.33 bits per heavy atom. The van der Waals surface area contributed by atoms with E-state index in [2.05, 4.69) is 4.90 Å². The summed E-state index contributed by atoms with van der Waals surface area (Å²) < 4.78 is 0. The number of amides is 1. The molecule has 0 aromatic heterocycles. The van der Waals surface area contributed by atoms with Gasteiger partial charge < -0.3 is 11.5 Å². The SMILES string of the molecule is NC(=O)c1ccc(CN2CC3CCCC(N)C3C2)c(Cl)c1. The van der Waals surface area contributed by atoms with Gasteiger partial charge in [-0.3, -0.25) is 9.69 Å². The first-order valence-electron chi connectivity index (χ1n) is 7.61. The highest BCUT2D eigenvalue weighted by Gasteiger charge is 2.38. The molecule has 1 saturated heterocycles. The van der Waals surface area contributed by atoms with Crippen molar-refractivity contribution in [2.45, 2.75) is 31.8 Å². The van der Waals surface area contributed by atoms with E-state index in [1.165, 1.54) is 12.8 Å². The molecule has 2 fully saturated rings. The number of benzene rings is 1. The third-order valence-electron chi connectivity index (χ3n) is 4.96. The fourth-order valence-electron chi connectivity index (χ4n) is 3.81.